The molecule has 0 radical (unpaired) electrons. The van der Waals surface area contributed by atoms with Crippen LogP contribution < -0.4 is 15.5 Å². The molecule has 2 aromatic rings. The van der Waals surface area contributed by atoms with E-state index in [0.717, 1.165) is 16.9 Å². The van der Waals surface area contributed by atoms with Crippen LogP contribution in [0.2, 0.25) is 0 Å². The number of rotatable bonds is 8. The summed E-state index contributed by atoms with van der Waals surface area (Å²) in [7, 11) is 1.60. The van der Waals surface area contributed by atoms with Crippen LogP contribution in [0.25, 0.3) is 0 Å². The van der Waals surface area contributed by atoms with Gasteiger partial charge in [0.1, 0.15) is 5.75 Å². The largest absolute Gasteiger partial charge is 0.497 e. The normalized spacial score (nSPS) is 10.9. The van der Waals surface area contributed by atoms with Gasteiger partial charge in [-0.3, -0.25) is 9.59 Å². The van der Waals surface area contributed by atoms with Crippen LogP contribution in [0.5, 0.6) is 5.75 Å². The summed E-state index contributed by atoms with van der Waals surface area (Å²) < 4.78 is 5.10. The van der Waals surface area contributed by atoms with Crippen LogP contribution in [0.4, 0.5) is 0 Å². The number of hydrogen-bond donors (Lipinski definition) is 2. The molecule has 26 heavy (non-hydrogen) atoms. The number of carbonyl (C=O) groups is 2. The fourth-order valence-corrected chi connectivity index (χ4v) is 2.21. The fourth-order valence-electron chi connectivity index (χ4n) is 2.21. The molecule has 0 aliphatic carbocycles. The molecular formula is C20H23N3O3. The van der Waals surface area contributed by atoms with Crippen LogP contribution >= 0.6 is 0 Å². The minimum absolute atomic E-state index is 0.0833. The summed E-state index contributed by atoms with van der Waals surface area (Å²) >= 11 is 0. The van der Waals surface area contributed by atoms with E-state index in [1.165, 1.54) is 0 Å². The first-order valence-electron chi connectivity index (χ1n) is 8.36. The average Bonchev–Trinajstić information content (AvgIpc) is 2.69. The number of amides is 2. The van der Waals surface area contributed by atoms with Gasteiger partial charge in [0, 0.05) is 19.4 Å². The van der Waals surface area contributed by atoms with Crippen molar-refractivity contribution in [3.05, 3.63) is 65.7 Å². The number of carbonyl (C=O) groups excluding carboxylic acids is 2. The predicted molar refractivity (Wildman–Crippen MR) is 101 cm³/mol. The minimum Gasteiger partial charge on any atom is -0.497 e. The summed E-state index contributed by atoms with van der Waals surface area (Å²) in [6.45, 7) is 2.25. The monoisotopic (exact) mass is 353 g/mol. The Hall–Kier alpha value is -3.15. The van der Waals surface area contributed by atoms with Gasteiger partial charge in [0.2, 0.25) is 11.8 Å². The Bertz CT molecular complexity index is 756. The third-order valence-electron chi connectivity index (χ3n) is 3.77. The maximum absolute atomic E-state index is 11.8. The van der Waals surface area contributed by atoms with E-state index in [1.807, 2.05) is 54.6 Å². The summed E-state index contributed by atoms with van der Waals surface area (Å²) in [5, 5.41) is 6.86. The van der Waals surface area contributed by atoms with Crippen LogP contribution in [0.15, 0.2) is 59.7 Å². The zero-order valence-corrected chi connectivity index (χ0v) is 15.0. The second-order valence-electron chi connectivity index (χ2n) is 5.72. The van der Waals surface area contributed by atoms with E-state index in [2.05, 4.69) is 15.8 Å². The highest BCUT2D eigenvalue weighted by Gasteiger charge is 2.07. The molecule has 0 spiro atoms. The summed E-state index contributed by atoms with van der Waals surface area (Å²) in [4.78, 5) is 23.6. The molecule has 0 heterocycles. The molecule has 2 N–H and O–H groups in total. The number of benzene rings is 2. The van der Waals surface area contributed by atoms with Crippen LogP contribution in [0.3, 0.4) is 0 Å². The van der Waals surface area contributed by atoms with Crippen molar-refractivity contribution < 1.29 is 14.3 Å². The maximum Gasteiger partial charge on any atom is 0.240 e. The van der Waals surface area contributed by atoms with E-state index in [9.17, 15) is 9.59 Å². The number of methoxy groups -OCH3 is 1. The number of hydrogen-bond acceptors (Lipinski definition) is 4. The van der Waals surface area contributed by atoms with Gasteiger partial charge in [-0.05, 0) is 42.3 Å². The van der Waals surface area contributed by atoms with Crippen molar-refractivity contribution in [1.82, 2.24) is 10.7 Å². The molecule has 2 aromatic carbocycles. The quantitative estimate of drug-likeness (QED) is 0.565. The van der Waals surface area contributed by atoms with Crippen molar-refractivity contribution in [2.24, 2.45) is 5.10 Å². The Balaban J connectivity index is 1.72. The van der Waals surface area contributed by atoms with Crippen molar-refractivity contribution in [1.29, 1.82) is 0 Å². The lowest BCUT2D eigenvalue weighted by Crippen LogP contribution is -2.26. The van der Waals surface area contributed by atoms with Gasteiger partial charge < -0.3 is 10.1 Å². The van der Waals surface area contributed by atoms with Gasteiger partial charge in [-0.1, -0.05) is 30.3 Å². The Labute approximate surface area is 153 Å². The lowest BCUT2D eigenvalue weighted by atomic mass is 10.1. The van der Waals surface area contributed by atoms with Crippen molar-refractivity contribution in [2.45, 2.75) is 26.3 Å². The molecule has 0 saturated carbocycles. The van der Waals surface area contributed by atoms with Gasteiger partial charge in [0.05, 0.1) is 12.8 Å². The van der Waals surface area contributed by atoms with Crippen LogP contribution in [-0.4, -0.2) is 24.6 Å². The van der Waals surface area contributed by atoms with Crippen molar-refractivity contribution in [2.75, 3.05) is 7.11 Å². The van der Waals surface area contributed by atoms with E-state index in [-0.39, 0.29) is 24.7 Å². The van der Waals surface area contributed by atoms with Crippen LogP contribution in [0.1, 0.15) is 30.9 Å². The third-order valence-corrected chi connectivity index (χ3v) is 3.77. The highest BCUT2D eigenvalue weighted by Crippen LogP contribution is 2.11. The number of nitrogens with zero attached hydrogens (tertiary/aromatic N) is 1. The van der Waals surface area contributed by atoms with Gasteiger partial charge in [-0.2, -0.15) is 5.10 Å². The molecule has 136 valence electrons. The average molecular weight is 353 g/mol. The number of hydrazone groups is 1. The van der Waals surface area contributed by atoms with Crippen LogP contribution in [0, 0.1) is 0 Å². The molecule has 2 amide bonds. The van der Waals surface area contributed by atoms with Crippen LogP contribution in [-0.2, 0) is 16.1 Å². The van der Waals surface area contributed by atoms with E-state index in [4.69, 9.17) is 4.74 Å². The summed E-state index contributed by atoms with van der Waals surface area (Å²) in [5.74, 6) is 0.291. The van der Waals surface area contributed by atoms with Crippen molar-refractivity contribution in [3.63, 3.8) is 0 Å². The summed E-state index contributed by atoms with van der Waals surface area (Å²) in [6.07, 6.45) is 0.204. The SMILES string of the molecule is COc1ccc(/C(C)=N/NC(=O)CCC(=O)NCc2ccccc2)cc1. The molecule has 0 fully saturated rings. The van der Waals surface area contributed by atoms with E-state index in [1.54, 1.807) is 14.0 Å². The Morgan fingerprint density at radius 2 is 1.62 bits per heavy atom. The van der Waals surface area contributed by atoms with Gasteiger partial charge in [0.15, 0.2) is 0 Å². The lowest BCUT2D eigenvalue weighted by molar-refractivity contribution is -0.126. The minimum atomic E-state index is -0.298. The molecule has 6 heteroatoms. The molecule has 0 saturated heterocycles. The maximum atomic E-state index is 11.8. The topological polar surface area (TPSA) is 79.8 Å². The second kappa shape index (κ2) is 9.98. The molecule has 0 aliphatic rings. The molecule has 0 bridgehead atoms. The lowest BCUT2D eigenvalue weighted by Gasteiger charge is -2.06. The van der Waals surface area contributed by atoms with E-state index in [0.29, 0.717) is 12.3 Å². The predicted octanol–water partition coefficient (Wildman–Crippen LogP) is 2.63. The Morgan fingerprint density at radius 1 is 0.962 bits per heavy atom. The van der Waals surface area contributed by atoms with Crippen molar-refractivity contribution >= 4 is 17.5 Å². The summed E-state index contributed by atoms with van der Waals surface area (Å²) in [6, 6.07) is 17.0. The first-order chi connectivity index (χ1) is 12.6. The zero-order chi connectivity index (χ0) is 18.8. The first-order valence-corrected chi connectivity index (χ1v) is 8.36. The van der Waals surface area contributed by atoms with Gasteiger partial charge in [-0.15, -0.1) is 0 Å². The molecule has 6 nitrogen and oxygen atoms in total. The molecule has 2 rings (SSSR count). The van der Waals surface area contributed by atoms with Gasteiger partial charge >= 0.3 is 0 Å². The standard InChI is InChI=1S/C20H23N3O3/c1-15(17-8-10-18(26-2)11-9-17)22-23-20(25)13-12-19(24)21-14-16-6-4-3-5-7-16/h3-11H,12-14H2,1-2H3,(H,21,24)(H,23,25)/b22-15+. The molecule has 0 unspecified atom stereocenters. The van der Waals surface area contributed by atoms with Crippen molar-refractivity contribution in [3.8, 4) is 5.75 Å². The molecular weight excluding hydrogens is 330 g/mol. The first kappa shape index (κ1) is 19.2. The highest BCUT2D eigenvalue weighted by atomic mass is 16.5. The second-order valence-corrected chi connectivity index (χ2v) is 5.72. The smallest absolute Gasteiger partial charge is 0.240 e. The third kappa shape index (κ3) is 6.39. The molecule has 0 atom stereocenters. The number of ether oxygens (including phenoxy) is 1. The fraction of sp³-hybridized carbons (Fsp3) is 0.250. The highest BCUT2D eigenvalue weighted by molar-refractivity contribution is 5.99. The zero-order valence-electron chi connectivity index (χ0n) is 15.0. The molecule has 0 aromatic heterocycles. The Kier molecular flexibility index (Phi) is 7.36. The van der Waals surface area contributed by atoms with E-state index >= 15 is 0 Å². The summed E-state index contributed by atoms with van der Waals surface area (Å²) in [5.41, 5.74) is 5.05. The van der Waals surface area contributed by atoms with Gasteiger partial charge in [0.25, 0.3) is 0 Å². The van der Waals surface area contributed by atoms with E-state index < -0.39 is 0 Å². The Morgan fingerprint density at radius 3 is 2.27 bits per heavy atom. The number of nitrogens with one attached hydrogen (secondary N) is 2. The molecule has 0 aliphatic heterocycles. The van der Waals surface area contributed by atoms with Gasteiger partial charge in [-0.25, -0.2) is 5.43 Å².